The first-order valence-corrected chi connectivity index (χ1v) is 16.8. The van der Waals surface area contributed by atoms with Gasteiger partial charge in [0.15, 0.2) is 11.5 Å². The first-order valence-electron chi connectivity index (χ1n) is 16.0. The van der Waals surface area contributed by atoms with E-state index < -0.39 is 41.4 Å². The number of anilines is 1. The molecule has 264 valence electrons. The molecule has 1 aromatic heterocycles. The molecule has 0 saturated carbocycles. The summed E-state index contributed by atoms with van der Waals surface area (Å²) < 4.78 is 21.7. The first kappa shape index (κ1) is 37.5. The molecule has 0 fully saturated rings. The standard InChI is InChI=1S/C38H42N2O9S/c1-37(2,3)48-29(41)22-21-28(34(43)49-38(4,5)6)40-35(44)39-27-19-17-24(18-20-27)23-46-36(45)47-31-30(42)32(25-13-9-7-10-14-25)50-33(31)26-15-11-8-12-16-26/h7-20,28,42H,21-23H2,1-6H3,(H2,39,40,44)/t28-/m0/s1. The van der Waals surface area contributed by atoms with Crippen molar-refractivity contribution in [1.82, 2.24) is 5.32 Å². The fourth-order valence-corrected chi connectivity index (χ4v) is 5.74. The van der Waals surface area contributed by atoms with Crippen LogP contribution in [0.25, 0.3) is 20.9 Å². The SMILES string of the molecule is CC(C)(C)OC(=O)CC[C@H](NC(=O)Nc1ccc(COC(=O)Oc2c(-c3ccccc3)sc(-c3ccccc3)c2O)cc1)C(=O)OC(C)(C)C. The number of carbonyl (C=O) groups is 4. The Morgan fingerprint density at radius 1 is 0.760 bits per heavy atom. The van der Waals surface area contributed by atoms with Gasteiger partial charge in [-0.2, -0.15) is 0 Å². The quantitative estimate of drug-likeness (QED) is 0.103. The van der Waals surface area contributed by atoms with Crippen molar-refractivity contribution >= 4 is 41.1 Å². The van der Waals surface area contributed by atoms with Gasteiger partial charge in [0.05, 0.1) is 9.75 Å². The van der Waals surface area contributed by atoms with E-state index in [0.29, 0.717) is 21.0 Å². The van der Waals surface area contributed by atoms with Crippen LogP contribution in [-0.2, 0) is 30.4 Å². The average molecular weight is 703 g/mol. The van der Waals surface area contributed by atoms with Crippen molar-refractivity contribution in [2.45, 2.75) is 78.2 Å². The minimum absolute atomic E-state index is 0.00592. The third-order valence-corrected chi connectivity index (χ3v) is 7.98. The van der Waals surface area contributed by atoms with E-state index in [9.17, 15) is 24.3 Å². The van der Waals surface area contributed by atoms with Gasteiger partial charge in [-0.1, -0.05) is 72.8 Å². The largest absolute Gasteiger partial charge is 0.514 e. The number of hydrogen-bond acceptors (Lipinski definition) is 10. The Bertz CT molecular complexity index is 1780. The zero-order valence-corrected chi connectivity index (χ0v) is 29.7. The Hall–Kier alpha value is -5.36. The van der Waals surface area contributed by atoms with Crippen LogP contribution in [0.4, 0.5) is 15.3 Å². The van der Waals surface area contributed by atoms with Crippen molar-refractivity contribution in [2.24, 2.45) is 0 Å². The highest BCUT2D eigenvalue weighted by atomic mass is 32.1. The number of rotatable bonds is 11. The van der Waals surface area contributed by atoms with Crippen molar-refractivity contribution in [3.63, 3.8) is 0 Å². The van der Waals surface area contributed by atoms with E-state index >= 15 is 0 Å². The van der Waals surface area contributed by atoms with Crippen LogP contribution in [0.1, 0.15) is 59.9 Å². The molecule has 4 rings (SSSR count). The van der Waals surface area contributed by atoms with Crippen molar-refractivity contribution in [3.8, 4) is 32.4 Å². The molecule has 0 radical (unpaired) electrons. The maximum atomic E-state index is 12.8. The van der Waals surface area contributed by atoms with Gasteiger partial charge in [-0.3, -0.25) is 4.79 Å². The van der Waals surface area contributed by atoms with Crippen LogP contribution < -0.4 is 15.4 Å². The first-order chi connectivity index (χ1) is 23.6. The molecule has 0 saturated heterocycles. The second-order valence-electron chi connectivity index (χ2n) is 13.3. The number of aromatic hydroxyl groups is 1. The highest BCUT2D eigenvalue weighted by Crippen LogP contribution is 2.51. The van der Waals surface area contributed by atoms with Crippen LogP contribution in [0.3, 0.4) is 0 Å². The van der Waals surface area contributed by atoms with Crippen LogP contribution in [0, 0.1) is 0 Å². The molecule has 0 aliphatic rings. The number of ether oxygens (including phenoxy) is 4. The van der Waals surface area contributed by atoms with Crippen molar-refractivity contribution in [1.29, 1.82) is 0 Å². The fourth-order valence-electron chi connectivity index (χ4n) is 4.61. The summed E-state index contributed by atoms with van der Waals surface area (Å²) in [5, 5.41) is 16.3. The van der Waals surface area contributed by atoms with Gasteiger partial charge < -0.3 is 34.7 Å². The van der Waals surface area contributed by atoms with Gasteiger partial charge in [0.25, 0.3) is 0 Å². The topological polar surface area (TPSA) is 149 Å². The summed E-state index contributed by atoms with van der Waals surface area (Å²) in [6.45, 7) is 10.2. The van der Waals surface area contributed by atoms with E-state index in [0.717, 1.165) is 11.1 Å². The zero-order chi connectivity index (χ0) is 36.5. The molecule has 3 aromatic carbocycles. The van der Waals surface area contributed by atoms with E-state index in [1.165, 1.54) is 11.3 Å². The molecule has 4 aromatic rings. The van der Waals surface area contributed by atoms with Gasteiger partial charge in [0.2, 0.25) is 0 Å². The number of carbonyl (C=O) groups excluding carboxylic acids is 4. The third-order valence-electron chi connectivity index (χ3n) is 6.72. The predicted molar refractivity (Wildman–Crippen MR) is 191 cm³/mol. The molecular weight excluding hydrogens is 660 g/mol. The summed E-state index contributed by atoms with van der Waals surface area (Å²) in [4.78, 5) is 51.9. The summed E-state index contributed by atoms with van der Waals surface area (Å²) >= 11 is 1.30. The van der Waals surface area contributed by atoms with Crippen LogP contribution in [0.15, 0.2) is 84.9 Å². The number of nitrogens with one attached hydrogen (secondary N) is 2. The predicted octanol–water partition coefficient (Wildman–Crippen LogP) is 8.46. The molecule has 3 N–H and O–H groups in total. The van der Waals surface area contributed by atoms with E-state index in [2.05, 4.69) is 10.6 Å². The molecule has 0 spiro atoms. The molecule has 1 heterocycles. The van der Waals surface area contributed by atoms with E-state index in [1.54, 1.807) is 65.8 Å². The van der Waals surface area contributed by atoms with Crippen molar-refractivity contribution < 1.29 is 43.2 Å². The van der Waals surface area contributed by atoms with E-state index in [4.69, 9.17) is 18.9 Å². The molecule has 12 heteroatoms. The Balaban J connectivity index is 1.36. The number of hydrogen-bond donors (Lipinski definition) is 3. The highest BCUT2D eigenvalue weighted by molar-refractivity contribution is 7.19. The van der Waals surface area contributed by atoms with Gasteiger partial charge in [-0.15, -0.1) is 11.3 Å². The molecule has 0 aliphatic carbocycles. The summed E-state index contributed by atoms with van der Waals surface area (Å²) in [7, 11) is 0. The maximum Gasteiger partial charge on any atom is 0.514 e. The van der Waals surface area contributed by atoms with E-state index in [1.807, 2.05) is 60.7 Å². The number of amides is 2. The summed E-state index contributed by atoms with van der Waals surface area (Å²) in [6.07, 6.45) is -1.13. The van der Waals surface area contributed by atoms with Crippen molar-refractivity contribution in [2.75, 3.05) is 5.32 Å². The maximum absolute atomic E-state index is 12.8. The van der Waals surface area contributed by atoms with Gasteiger partial charge in [-0.25, -0.2) is 14.4 Å². The third kappa shape index (κ3) is 11.4. The minimum atomic E-state index is -1.10. The van der Waals surface area contributed by atoms with Crippen molar-refractivity contribution in [3.05, 3.63) is 90.5 Å². The number of benzene rings is 3. The second-order valence-corrected chi connectivity index (χ2v) is 14.3. The lowest BCUT2D eigenvalue weighted by Gasteiger charge is -2.25. The van der Waals surface area contributed by atoms with E-state index in [-0.39, 0.29) is 30.9 Å². The van der Waals surface area contributed by atoms with Crippen LogP contribution in [0.2, 0.25) is 0 Å². The highest BCUT2D eigenvalue weighted by Gasteiger charge is 2.29. The Morgan fingerprint density at radius 3 is 1.88 bits per heavy atom. The molecule has 2 amide bonds. The second kappa shape index (κ2) is 16.4. The van der Waals surface area contributed by atoms with Gasteiger partial charge in [-0.05, 0) is 76.8 Å². The molecular formula is C38H42N2O9S. The van der Waals surface area contributed by atoms with Crippen LogP contribution >= 0.6 is 11.3 Å². The smallest absolute Gasteiger partial charge is 0.503 e. The Kier molecular flexibility index (Phi) is 12.3. The normalized spacial score (nSPS) is 12.0. The molecule has 50 heavy (non-hydrogen) atoms. The number of thiophene rings is 1. The molecule has 0 aliphatic heterocycles. The van der Waals surface area contributed by atoms with Gasteiger partial charge in [0.1, 0.15) is 23.9 Å². The summed E-state index contributed by atoms with van der Waals surface area (Å²) in [5.74, 6) is -1.34. The lowest BCUT2D eigenvalue weighted by atomic mass is 10.1. The summed E-state index contributed by atoms with van der Waals surface area (Å²) in [6, 6.07) is 23.3. The Morgan fingerprint density at radius 2 is 1.32 bits per heavy atom. The van der Waals surface area contributed by atoms with Crippen LogP contribution in [-0.4, -0.2) is 46.5 Å². The fraction of sp³-hybridized carbons (Fsp3) is 0.316. The van der Waals surface area contributed by atoms with Gasteiger partial charge >= 0.3 is 24.1 Å². The minimum Gasteiger partial charge on any atom is -0.503 e. The molecule has 0 unspecified atom stereocenters. The number of esters is 2. The average Bonchev–Trinajstić information content (AvgIpc) is 3.37. The molecule has 1 atom stereocenters. The molecule has 11 nitrogen and oxygen atoms in total. The Labute approximate surface area is 295 Å². The zero-order valence-electron chi connectivity index (χ0n) is 28.9. The summed E-state index contributed by atoms with van der Waals surface area (Å²) in [5.41, 5.74) is 1.05. The van der Waals surface area contributed by atoms with Gasteiger partial charge in [0, 0.05) is 12.1 Å². The van der Waals surface area contributed by atoms with Crippen LogP contribution in [0.5, 0.6) is 11.5 Å². The lowest BCUT2D eigenvalue weighted by Crippen LogP contribution is -2.46. The monoisotopic (exact) mass is 702 g/mol. The molecule has 0 bridgehead atoms. The number of urea groups is 1. The lowest BCUT2D eigenvalue weighted by molar-refractivity contribution is -0.158.